The first-order valence-electron chi connectivity index (χ1n) is 9.11. The predicted octanol–water partition coefficient (Wildman–Crippen LogP) is 1.67. The maximum atomic E-state index is 12.2. The molecular formula is C20H25BrN4O2. The van der Waals surface area contributed by atoms with Crippen LogP contribution in [0.4, 0.5) is 0 Å². The summed E-state index contributed by atoms with van der Waals surface area (Å²) in [6.45, 7) is 5.77. The lowest BCUT2D eigenvalue weighted by Crippen LogP contribution is -2.43. The number of piperazine rings is 1. The molecule has 1 aliphatic rings. The molecule has 1 aromatic carbocycles. The molecule has 0 bridgehead atoms. The van der Waals surface area contributed by atoms with Gasteiger partial charge in [-0.05, 0) is 40.2 Å². The average Bonchev–Trinajstić information content (AvgIpc) is 2.65. The van der Waals surface area contributed by atoms with Gasteiger partial charge in [0.15, 0.2) is 0 Å². The van der Waals surface area contributed by atoms with Crippen LogP contribution in [0.2, 0.25) is 0 Å². The number of nitrogens with zero attached hydrogens (tertiary/aromatic N) is 3. The molecule has 1 fully saturated rings. The highest BCUT2D eigenvalue weighted by atomic mass is 79.9. The molecule has 1 aromatic heterocycles. The maximum absolute atomic E-state index is 12.2. The van der Waals surface area contributed by atoms with Crippen LogP contribution in [0.1, 0.15) is 11.1 Å². The van der Waals surface area contributed by atoms with Crippen LogP contribution in [0.5, 0.6) is 0 Å². The second-order valence-corrected chi connectivity index (χ2v) is 7.91. The Morgan fingerprint density at radius 3 is 2.63 bits per heavy atom. The van der Waals surface area contributed by atoms with Crippen molar-refractivity contribution in [3.63, 3.8) is 0 Å². The molecule has 0 radical (unpaired) electrons. The zero-order valence-electron chi connectivity index (χ0n) is 15.5. The molecule has 144 valence electrons. The molecule has 3 rings (SSSR count). The molecule has 1 saturated heterocycles. The molecule has 1 N–H and O–H groups in total. The van der Waals surface area contributed by atoms with E-state index in [1.807, 2.05) is 12.1 Å². The Balaban J connectivity index is 1.52. The SMILES string of the molecule is CN1CCN(Cc2cccc(CNC(=O)Cn3cc(Br)ccc3=O)c2)CC1. The molecule has 1 aliphatic heterocycles. The maximum Gasteiger partial charge on any atom is 0.251 e. The summed E-state index contributed by atoms with van der Waals surface area (Å²) in [4.78, 5) is 28.8. The largest absolute Gasteiger partial charge is 0.350 e. The summed E-state index contributed by atoms with van der Waals surface area (Å²) in [6, 6.07) is 11.4. The minimum Gasteiger partial charge on any atom is -0.350 e. The standard InChI is InChI=1S/C20H25BrN4O2/c1-23-7-9-24(10-8-23)13-17-4-2-3-16(11-17)12-22-19(26)15-25-14-18(21)5-6-20(25)27/h2-6,11,14H,7-10,12-13,15H2,1H3,(H,22,26). The smallest absolute Gasteiger partial charge is 0.251 e. The number of halogens is 1. The van der Waals surface area contributed by atoms with Crippen molar-refractivity contribution in [3.8, 4) is 0 Å². The average molecular weight is 433 g/mol. The number of pyridine rings is 1. The first-order valence-corrected chi connectivity index (χ1v) is 9.90. The van der Waals surface area contributed by atoms with E-state index in [1.165, 1.54) is 16.2 Å². The van der Waals surface area contributed by atoms with Gasteiger partial charge in [0.1, 0.15) is 6.54 Å². The summed E-state index contributed by atoms with van der Waals surface area (Å²) in [6.07, 6.45) is 1.62. The number of hydrogen-bond donors (Lipinski definition) is 1. The second kappa shape index (κ2) is 9.30. The van der Waals surface area contributed by atoms with Gasteiger partial charge in [0.2, 0.25) is 5.91 Å². The fourth-order valence-corrected chi connectivity index (χ4v) is 3.52. The zero-order chi connectivity index (χ0) is 19.2. The monoisotopic (exact) mass is 432 g/mol. The van der Waals surface area contributed by atoms with E-state index in [2.05, 4.69) is 50.2 Å². The zero-order valence-corrected chi connectivity index (χ0v) is 17.1. The Bertz CT molecular complexity index is 844. The summed E-state index contributed by atoms with van der Waals surface area (Å²) in [5.41, 5.74) is 2.13. The molecule has 0 atom stereocenters. The van der Waals surface area contributed by atoms with Crippen molar-refractivity contribution in [1.29, 1.82) is 0 Å². The van der Waals surface area contributed by atoms with Crippen molar-refractivity contribution in [3.05, 3.63) is 68.5 Å². The number of benzene rings is 1. The van der Waals surface area contributed by atoms with Crippen molar-refractivity contribution in [2.24, 2.45) is 0 Å². The molecule has 7 heteroatoms. The summed E-state index contributed by atoms with van der Waals surface area (Å²) < 4.78 is 2.16. The van der Waals surface area contributed by atoms with Crippen LogP contribution < -0.4 is 10.9 Å². The highest BCUT2D eigenvalue weighted by Crippen LogP contribution is 2.10. The van der Waals surface area contributed by atoms with Gasteiger partial charge in [-0.1, -0.05) is 24.3 Å². The predicted molar refractivity (Wildman–Crippen MR) is 109 cm³/mol. The Labute approximate surface area is 167 Å². The summed E-state index contributed by atoms with van der Waals surface area (Å²) in [5, 5.41) is 2.90. The highest BCUT2D eigenvalue weighted by Gasteiger charge is 2.14. The number of rotatable bonds is 6. The van der Waals surface area contributed by atoms with E-state index in [4.69, 9.17) is 0 Å². The fraction of sp³-hybridized carbons (Fsp3) is 0.400. The fourth-order valence-electron chi connectivity index (χ4n) is 3.14. The van der Waals surface area contributed by atoms with E-state index in [0.717, 1.165) is 42.8 Å². The molecule has 0 aliphatic carbocycles. The van der Waals surface area contributed by atoms with Gasteiger partial charge in [0.25, 0.3) is 5.56 Å². The topological polar surface area (TPSA) is 57.6 Å². The molecular weight excluding hydrogens is 408 g/mol. The Kier molecular flexibility index (Phi) is 6.82. The van der Waals surface area contributed by atoms with Gasteiger partial charge in [-0.2, -0.15) is 0 Å². The van der Waals surface area contributed by atoms with Crippen molar-refractivity contribution < 1.29 is 4.79 Å². The quantitative estimate of drug-likeness (QED) is 0.754. The molecule has 27 heavy (non-hydrogen) atoms. The molecule has 0 spiro atoms. The number of amides is 1. The van der Waals surface area contributed by atoms with Gasteiger partial charge in [-0.3, -0.25) is 14.5 Å². The highest BCUT2D eigenvalue weighted by molar-refractivity contribution is 9.10. The van der Waals surface area contributed by atoms with Gasteiger partial charge >= 0.3 is 0 Å². The minimum atomic E-state index is -0.192. The molecule has 6 nitrogen and oxygen atoms in total. The van der Waals surface area contributed by atoms with Crippen molar-refractivity contribution in [2.45, 2.75) is 19.6 Å². The number of nitrogens with one attached hydrogen (secondary N) is 1. The number of hydrogen-bond acceptors (Lipinski definition) is 4. The number of carbonyl (C=O) groups is 1. The van der Waals surface area contributed by atoms with Gasteiger partial charge in [-0.15, -0.1) is 0 Å². The molecule has 2 aromatic rings. The Morgan fingerprint density at radius 2 is 1.85 bits per heavy atom. The van der Waals surface area contributed by atoms with E-state index >= 15 is 0 Å². The normalized spacial score (nSPS) is 15.6. The van der Waals surface area contributed by atoms with Crippen molar-refractivity contribution in [2.75, 3.05) is 33.2 Å². The third-order valence-corrected chi connectivity index (χ3v) is 5.21. The summed E-state index contributed by atoms with van der Waals surface area (Å²) >= 11 is 3.32. The van der Waals surface area contributed by atoms with E-state index in [-0.39, 0.29) is 18.0 Å². The molecule has 2 heterocycles. The minimum absolute atomic E-state index is 0.0132. The van der Waals surface area contributed by atoms with E-state index in [0.29, 0.717) is 6.54 Å². The van der Waals surface area contributed by atoms with Gasteiger partial charge < -0.3 is 14.8 Å². The van der Waals surface area contributed by atoms with Crippen LogP contribution in [-0.2, 0) is 24.4 Å². The Hall–Kier alpha value is -1.96. The van der Waals surface area contributed by atoms with Crippen LogP contribution in [0.3, 0.4) is 0 Å². The lowest BCUT2D eigenvalue weighted by molar-refractivity contribution is -0.121. The Morgan fingerprint density at radius 1 is 1.11 bits per heavy atom. The second-order valence-electron chi connectivity index (χ2n) is 6.99. The van der Waals surface area contributed by atoms with Gasteiger partial charge in [0.05, 0.1) is 0 Å². The van der Waals surface area contributed by atoms with Crippen LogP contribution >= 0.6 is 15.9 Å². The number of carbonyl (C=O) groups excluding carboxylic acids is 1. The first kappa shape index (κ1) is 19.8. The summed E-state index contributed by atoms with van der Waals surface area (Å²) in [7, 11) is 2.16. The van der Waals surface area contributed by atoms with Gasteiger partial charge in [-0.25, -0.2) is 0 Å². The van der Waals surface area contributed by atoms with Crippen molar-refractivity contribution >= 4 is 21.8 Å². The third-order valence-electron chi connectivity index (χ3n) is 4.74. The van der Waals surface area contributed by atoms with E-state index in [9.17, 15) is 9.59 Å². The third kappa shape index (κ3) is 6.02. The summed E-state index contributed by atoms with van der Waals surface area (Å²) in [5.74, 6) is -0.181. The lowest BCUT2D eigenvalue weighted by Gasteiger charge is -2.32. The first-order chi connectivity index (χ1) is 13.0. The van der Waals surface area contributed by atoms with Gasteiger partial charge in [0, 0.05) is 56.0 Å². The van der Waals surface area contributed by atoms with Crippen LogP contribution in [0.15, 0.2) is 51.9 Å². The van der Waals surface area contributed by atoms with Crippen LogP contribution in [0, 0.1) is 0 Å². The van der Waals surface area contributed by atoms with Crippen molar-refractivity contribution in [1.82, 2.24) is 19.7 Å². The number of likely N-dealkylation sites (N-methyl/N-ethyl adjacent to an activating group) is 1. The molecule has 0 saturated carbocycles. The van der Waals surface area contributed by atoms with E-state index in [1.54, 1.807) is 12.3 Å². The molecule has 1 amide bonds. The van der Waals surface area contributed by atoms with Crippen LogP contribution in [-0.4, -0.2) is 53.5 Å². The van der Waals surface area contributed by atoms with E-state index < -0.39 is 0 Å². The lowest BCUT2D eigenvalue weighted by atomic mass is 10.1. The number of aromatic nitrogens is 1. The van der Waals surface area contributed by atoms with Crippen LogP contribution in [0.25, 0.3) is 0 Å². The molecule has 0 unspecified atom stereocenters.